The number of nitrogens with zero attached hydrogens (tertiary/aromatic N) is 3. The van der Waals surface area contributed by atoms with Crippen molar-refractivity contribution in [1.82, 2.24) is 4.98 Å². The van der Waals surface area contributed by atoms with Gasteiger partial charge in [-0.1, -0.05) is 0 Å². The van der Waals surface area contributed by atoms with E-state index in [4.69, 9.17) is 4.74 Å². The molecule has 0 aliphatic rings. The zero-order valence-electron chi connectivity index (χ0n) is 12.7. The van der Waals surface area contributed by atoms with Gasteiger partial charge in [-0.15, -0.1) is 0 Å². The molecular weight excluding hydrogens is 320 g/mol. The first-order valence-electron chi connectivity index (χ1n) is 6.58. The molecule has 0 bridgehead atoms. The van der Waals surface area contributed by atoms with Crippen molar-refractivity contribution >= 4 is 23.1 Å². The van der Waals surface area contributed by atoms with Crippen LogP contribution in [0.4, 0.5) is 17.2 Å². The number of methoxy groups -OCH3 is 1. The van der Waals surface area contributed by atoms with Crippen LogP contribution in [0, 0.1) is 27.2 Å². The molecule has 10 heteroatoms. The number of aryl methyl sites for hydroxylation is 1. The minimum atomic E-state index is -0.773. The Morgan fingerprint density at radius 1 is 1.21 bits per heavy atom. The summed E-state index contributed by atoms with van der Waals surface area (Å²) in [6.07, 6.45) is 0.989. The molecule has 10 nitrogen and oxygen atoms in total. The lowest BCUT2D eigenvalue weighted by molar-refractivity contribution is -0.385. The molecule has 1 aromatic heterocycles. The van der Waals surface area contributed by atoms with E-state index in [2.05, 4.69) is 10.3 Å². The first-order chi connectivity index (χ1) is 11.3. The number of nitro benzene ring substituents is 1. The second kappa shape index (κ2) is 6.69. The molecule has 1 aromatic carbocycles. The van der Waals surface area contributed by atoms with Gasteiger partial charge in [0.25, 0.3) is 17.3 Å². The molecule has 24 heavy (non-hydrogen) atoms. The molecule has 0 saturated carbocycles. The molecule has 1 amide bonds. The quantitative estimate of drug-likeness (QED) is 0.655. The van der Waals surface area contributed by atoms with Gasteiger partial charge in [0.15, 0.2) is 0 Å². The van der Waals surface area contributed by atoms with Crippen LogP contribution in [0.5, 0.6) is 5.75 Å². The fourth-order valence-corrected chi connectivity index (χ4v) is 1.95. The molecule has 0 radical (unpaired) electrons. The van der Waals surface area contributed by atoms with E-state index in [9.17, 15) is 25.0 Å². The average Bonchev–Trinajstić information content (AvgIpc) is 2.55. The van der Waals surface area contributed by atoms with E-state index in [1.165, 1.54) is 32.2 Å². The number of ether oxygens (including phenoxy) is 1. The summed E-state index contributed by atoms with van der Waals surface area (Å²) >= 11 is 0. The Hall–Kier alpha value is -3.56. The van der Waals surface area contributed by atoms with Crippen LogP contribution in [0.15, 0.2) is 30.5 Å². The van der Waals surface area contributed by atoms with Crippen molar-refractivity contribution in [2.45, 2.75) is 6.92 Å². The maximum absolute atomic E-state index is 12.3. The van der Waals surface area contributed by atoms with Crippen LogP contribution in [-0.2, 0) is 0 Å². The number of carbonyl (C=O) groups excluding carboxylic acids is 1. The number of benzene rings is 1. The fraction of sp³-hybridized carbons (Fsp3) is 0.143. The van der Waals surface area contributed by atoms with Crippen LogP contribution >= 0.6 is 0 Å². The molecule has 0 aliphatic heterocycles. The molecule has 0 atom stereocenters. The van der Waals surface area contributed by atoms with Gasteiger partial charge in [-0.05, 0) is 24.6 Å². The van der Waals surface area contributed by atoms with E-state index in [1.807, 2.05) is 0 Å². The summed E-state index contributed by atoms with van der Waals surface area (Å²) in [4.78, 5) is 36.6. The Kier molecular flexibility index (Phi) is 4.68. The predicted octanol–water partition coefficient (Wildman–Crippen LogP) is 2.47. The summed E-state index contributed by atoms with van der Waals surface area (Å²) < 4.78 is 4.96. The van der Waals surface area contributed by atoms with Gasteiger partial charge in [0.1, 0.15) is 23.3 Å². The first kappa shape index (κ1) is 16.8. The number of nitrogens with one attached hydrogen (secondary N) is 1. The number of amides is 1. The Morgan fingerprint density at radius 3 is 2.46 bits per heavy atom. The monoisotopic (exact) mass is 332 g/mol. The summed E-state index contributed by atoms with van der Waals surface area (Å²) in [5.74, 6) is -0.424. The number of anilines is 1. The highest BCUT2D eigenvalue weighted by molar-refractivity contribution is 6.07. The molecular formula is C14H12N4O6. The molecule has 0 unspecified atom stereocenters. The summed E-state index contributed by atoms with van der Waals surface area (Å²) in [7, 11) is 1.37. The lowest BCUT2D eigenvalue weighted by atomic mass is 10.1. The van der Waals surface area contributed by atoms with E-state index in [1.54, 1.807) is 0 Å². The Balaban J connectivity index is 2.36. The predicted molar refractivity (Wildman–Crippen MR) is 83.2 cm³/mol. The highest BCUT2D eigenvalue weighted by Gasteiger charge is 2.22. The SMILES string of the molecule is COc1ccc([N+](=O)[O-])c(C(=O)Nc2ncc([N+](=O)[O-])cc2C)c1. The van der Waals surface area contributed by atoms with Crippen molar-refractivity contribution in [2.75, 3.05) is 12.4 Å². The van der Waals surface area contributed by atoms with E-state index in [-0.39, 0.29) is 22.8 Å². The molecule has 1 N–H and O–H groups in total. The van der Waals surface area contributed by atoms with Crippen LogP contribution in [0.3, 0.4) is 0 Å². The molecule has 2 rings (SSSR count). The lowest BCUT2D eigenvalue weighted by Gasteiger charge is -2.08. The number of aromatic nitrogens is 1. The number of rotatable bonds is 5. The minimum Gasteiger partial charge on any atom is -0.497 e. The van der Waals surface area contributed by atoms with Crippen LogP contribution in [0.2, 0.25) is 0 Å². The van der Waals surface area contributed by atoms with Crippen LogP contribution in [0.1, 0.15) is 15.9 Å². The summed E-state index contributed by atoms with van der Waals surface area (Å²) in [5.41, 5.74) is -0.479. The average molecular weight is 332 g/mol. The number of pyridine rings is 1. The number of carbonyl (C=O) groups is 1. The third kappa shape index (κ3) is 3.43. The van der Waals surface area contributed by atoms with Crippen molar-refractivity contribution < 1.29 is 19.4 Å². The van der Waals surface area contributed by atoms with Crippen molar-refractivity contribution in [3.63, 3.8) is 0 Å². The highest BCUT2D eigenvalue weighted by Crippen LogP contribution is 2.25. The maximum atomic E-state index is 12.3. The molecule has 2 aromatic rings. The molecule has 1 heterocycles. The standard InChI is InChI=1S/C14H12N4O6/c1-8-5-9(17(20)21)7-15-13(8)16-14(19)11-6-10(24-2)3-4-12(11)18(22)23/h3-7H,1-2H3,(H,15,16,19). The van der Waals surface area contributed by atoms with Crippen LogP contribution < -0.4 is 10.1 Å². The van der Waals surface area contributed by atoms with Crippen molar-refractivity contribution in [3.8, 4) is 5.75 Å². The number of nitro groups is 2. The normalized spacial score (nSPS) is 10.1. The third-order valence-corrected chi connectivity index (χ3v) is 3.15. The van der Waals surface area contributed by atoms with E-state index in [0.717, 1.165) is 12.3 Å². The third-order valence-electron chi connectivity index (χ3n) is 3.15. The number of hydrogen-bond acceptors (Lipinski definition) is 7. The first-order valence-corrected chi connectivity index (χ1v) is 6.58. The van der Waals surface area contributed by atoms with Crippen molar-refractivity contribution in [3.05, 3.63) is 61.8 Å². The van der Waals surface area contributed by atoms with Gasteiger partial charge in [-0.3, -0.25) is 25.0 Å². The second-order valence-electron chi connectivity index (χ2n) is 4.71. The highest BCUT2D eigenvalue weighted by atomic mass is 16.6. The minimum absolute atomic E-state index is 0.0720. The van der Waals surface area contributed by atoms with Crippen LogP contribution in [0.25, 0.3) is 0 Å². The number of hydrogen-bond donors (Lipinski definition) is 1. The van der Waals surface area contributed by atoms with Gasteiger partial charge in [-0.2, -0.15) is 0 Å². The van der Waals surface area contributed by atoms with Crippen molar-refractivity contribution in [1.29, 1.82) is 0 Å². The van der Waals surface area contributed by atoms with E-state index in [0.29, 0.717) is 5.56 Å². The zero-order valence-corrected chi connectivity index (χ0v) is 12.7. The largest absolute Gasteiger partial charge is 0.497 e. The van der Waals surface area contributed by atoms with Gasteiger partial charge in [0.05, 0.1) is 17.0 Å². The van der Waals surface area contributed by atoms with Crippen LogP contribution in [-0.4, -0.2) is 27.8 Å². The summed E-state index contributed by atoms with van der Waals surface area (Å²) in [5, 5.41) is 24.2. The lowest BCUT2D eigenvalue weighted by Crippen LogP contribution is -2.16. The molecule has 124 valence electrons. The molecule has 0 fully saturated rings. The second-order valence-corrected chi connectivity index (χ2v) is 4.71. The van der Waals surface area contributed by atoms with Gasteiger partial charge < -0.3 is 10.1 Å². The van der Waals surface area contributed by atoms with E-state index < -0.39 is 21.4 Å². The van der Waals surface area contributed by atoms with Gasteiger partial charge in [-0.25, -0.2) is 4.98 Å². The Bertz CT molecular complexity index is 836. The molecule has 0 aliphatic carbocycles. The van der Waals surface area contributed by atoms with Gasteiger partial charge in [0, 0.05) is 12.1 Å². The summed E-state index contributed by atoms with van der Waals surface area (Å²) in [6, 6.07) is 4.99. The Morgan fingerprint density at radius 2 is 1.92 bits per heavy atom. The maximum Gasteiger partial charge on any atom is 0.287 e. The van der Waals surface area contributed by atoms with Gasteiger partial charge in [0.2, 0.25) is 0 Å². The topological polar surface area (TPSA) is 138 Å². The zero-order chi connectivity index (χ0) is 17.9. The summed E-state index contributed by atoms with van der Waals surface area (Å²) in [6.45, 7) is 1.52. The van der Waals surface area contributed by atoms with Crippen molar-refractivity contribution in [2.24, 2.45) is 0 Å². The molecule has 0 spiro atoms. The fourth-order valence-electron chi connectivity index (χ4n) is 1.95. The molecule has 0 saturated heterocycles. The Labute approximate surface area is 135 Å². The smallest absolute Gasteiger partial charge is 0.287 e. The van der Waals surface area contributed by atoms with E-state index >= 15 is 0 Å². The van der Waals surface area contributed by atoms with Gasteiger partial charge >= 0.3 is 0 Å².